The maximum Gasteiger partial charge on any atom is 0.453 e. The van der Waals surface area contributed by atoms with Crippen molar-refractivity contribution >= 4 is 11.7 Å². The van der Waals surface area contributed by atoms with Gasteiger partial charge in [-0.2, -0.15) is 18.2 Å². The quantitative estimate of drug-likeness (QED) is 0.545. The second-order valence-electron chi connectivity index (χ2n) is 9.41. The minimum atomic E-state index is -4.70. The highest BCUT2D eigenvalue weighted by Gasteiger charge is 2.44. The Kier molecular flexibility index (Phi) is 5.22. The zero-order chi connectivity index (χ0) is 24.1. The largest absolute Gasteiger partial charge is 0.489 e. The SMILES string of the molecule is CC1(C)CC(=O)C2=C(C1)Nc1nc(C(F)(F)F)nn1C2c1ccc(OCc2ccccc2)cc1. The van der Waals surface area contributed by atoms with E-state index in [-0.39, 0.29) is 17.1 Å². The van der Waals surface area contributed by atoms with E-state index in [1.165, 1.54) is 0 Å². The van der Waals surface area contributed by atoms with Gasteiger partial charge in [0, 0.05) is 17.7 Å². The standard InChI is InChI=1S/C25H23F3N4O2/c1-24(2)12-18-20(19(33)13-24)21(32-23(29-18)30-22(31-32)25(26,27)28)16-8-10-17(11-9-16)34-14-15-6-4-3-5-7-15/h3-11,21H,12-14H2,1-2H3,(H,29,30,31). The fraction of sp³-hybridized carbons (Fsp3) is 0.320. The van der Waals surface area contributed by atoms with Crippen LogP contribution in [0.3, 0.4) is 0 Å². The Morgan fingerprint density at radius 2 is 1.79 bits per heavy atom. The summed E-state index contributed by atoms with van der Waals surface area (Å²) in [6, 6.07) is 15.9. The number of alkyl halides is 3. The molecule has 176 valence electrons. The molecule has 1 aliphatic heterocycles. The second kappa shape index (κ2) is 8.00. The van der Waals surface area contributed by atoms with Crippen LogP contribution in [0.2, 0.25) is 0 Å². The predicted molar refractivity (Wildman–Crippen MR) is 119 cm³/mol. The zero-order valence-corrected chi connectivity index (χ0v) is 18.7. The maximum absolute atomic E-state index is 13.4. The lowest BCUT2D eigenvalue weighted by Gasteiger charge is -2.38. The highest BCUT2D eigenvalue weighted by molar-refractivity contribution is 6.00. The third kappa shape index (κ3) is 4.18. The summed E-state index contributed by atoms with van der Waals surface area (Å²) in [4.78, 5) is 16.8. The topological polar surface area (TPSA) is 69.0 Å². The lowest BCUT2D eigenvalue weighted by atomic mass is 9.73. The second-order valence-corrected chi connectivity index (χ2v) is 9.41. The molecule has 2 heterocycles. The van der Waals surface area contributed by atoms with Gasteiger partial charge < -0.3 is 10.1 Å². The molecule has 2 aliphatic rings. The number of benzene rings is 2. The van der Waals surface area contributed by atoms with Crippen LogP contribution in [0.4, 0.5) is 19.1 Å². The highest BCUT2D eigenvalue weighted by Crippen LogP contribution is 2.46. The van der Waals surface area contributed by atoms with Crippen molar-refractivity contribution in [2.24, 2.45) is 5.41 Å². The van der Waals surface area contributed by atoms with Gasteiger partial charge in [-0.3, -0.25) is 4.79 Å². The van der Waals surface area contributed by atoms with E-state index in [1.807, 2.05) is 44.2 Å². The number of carbonyl (C=O) groups is 1. The van der Waals surface area contributed by atoms with E-state index in [1.54, 1.807) is 24.3 Å². The molecule has 9 heteroatoms. The molecule has 34 heavy (non-hydrogen) atoms. The molecule has 6 nitrogen and oxygen atoms in total. The Balaban J connectivity index is 1.51. The molecule has 5 rings (SSSR count). The molecule has 1 unspecified atom stereocenters. The maximum atomic E-state index is 13.4. The molecule has 0 fully saturated rings. The number of halogens is 3. The fourth-order valence-corrected chi connectivity index (χ4v) is 4.52. The molecule has 0 amide bonds. The molecule has 1 aromatic heterocycles. The van der Waals surface area contributed by atoms with Crippen molar-refractivity contribution in [2.75, 3.05) is 5.32 Å². The normalized spacial score (nSPS) is 19.3. The molecular formula is C25H23F3N4O2. The fourth-order valence-electron chi connectivity index (χ4n) is 4.52. The zero-order valence-electron chi connectivity index (χ0n) is 18.7. The van der Waals surface area contributed by atoms with E-state index in [0.29, 0.717) is 42.0 Å². The van der Waals surface area contributed by atoms with Gasteiger partial charge in [0.05, 0.1) is 0 Å². The smallest absolute Gasteiger partial charge is 0.453 e. The van der Waals surface area contributed by atoms with Gasteiger partial charge in [-0.15, -0.1) is 5.10 Å². The average Bonchev–Trinajstić information content (AvgIpc) is 3.21. The van der Waals surface area contributed by atoms with Gasteiger partial charge in [-0.25, -0.2) is 4.68 Å². The van der Waals surface area contributed by atoms with E-state index in [2.05, 4.69) is 15.4 Å². The van der Waals surface area contributed by atoms with Gasteiger partial charge in [0.1, 0.15) is 18.4 Å². The molecular weight excluding hydrogens is 445 g/mol. The van der Waals surface area contributed by atoms with Crippen LogP contribution in [0, 0.1) is 5.41 Å². The van der Waals surface area contributed by atoms with E-state index in [9.17, 15) is 18.0 Å². The molecule has 3 aromatic rings. The van der Waals surface area contributed by atoms with E-state index >= 15 is 0 Å². The Labute approximate surface area is 194 Å². The summed E-state index contributed by atoms with van der Waals surface area (Å²) in [5, 5.41) is 6.69. The lowest BCUT2D eigenvalue weighted by molar-refractivity contribution is -0.145. The van der Waals surface area contributed by atoms with Crippen molar-refractivity contribution in [3.63, 3.8) is 0 Å². The number of aromatic nitrogens is 3. The first-order valence-electron chi connectivity index (χ1n) is 10.9. The van der Waals surface area contributed by atoms with Gasteiger partial charge in [-0.1, -0.05) is 56.3 Å². The number of carbonyl (C=O) groups excluding carboxylic acids is 1. The van der Waals surface area contributed by atoms with Crippen molar-refractivity contribution in [1.82, 2.24) is 14.8 Å². The average molecular weight is 468 g/mol. The van der Waals surface area contributed by atoms with Gasteiger partial charge in [0.15, 0.2) is 5.78 Å². The van der Waals surface area contributed by atoms with Crippen molar-refractivity contribution < 1.29 is 22.7 Å². The summed E-state index contributed by atoms with van der Waals surface area (Å²) < 4.78 is 47.2. The number of allylic oxidation sites excluding steroid dienone is 2. The molecule has 1 aliphatic carbocycles. The Bertz CT molecular complexity index is 1260. The minimum Gasteiger partial charge on any atom is -0.489 e. The summed E-state index contributed by atoms with van der Waals surface area (Å²) in [5.41, 5.74) is 2.38. The number of ether oxygens (including phenoxy) is 1. The number of nitrogens with zero attached hydrogens (tertiary/aromatic N) is 3. The third-order valence-electron chi connectivity index (χ3n) is 6.03. The van der Waals surface area contributed by atoms with Crippen LogP contribution in [0.5, 0.6) is 5.75 Å². The van der Waals surface area contributed by atoms with E-state index in [4.69, 9.17) is 4.74 Å². The van der Waals surface area contributed by atoms with Crippen LogP contribution in [-0.4, -0.2) is 20.5 Å². The van der Waals surface area contributed by atoms with Crippen LogP contribution in [0.15, 0.2) is 65.9 Å². The van der Waals surface area contributed by atoms with Gasteiger partial charge in [-0.05, 0) is 35.1 Å². The summed E-state index contributed by atoms with van der Waals surface area (Å²) in [6.45, 7) is 4.31. The first-order valence-corrected chi connectivity index (χ1v) is 10.9. The predicted octanol–water partition coefficient (Wildman–Crippen LogP) is 5.53. The summed E-state index contributed by atoms with van der Waals surface area (Å²) >= 11 is 0. The van der Waals surface area contributed by atoms with Crippen molar-refractivity contribution in [3.8, 4) is 5.75 Å². The van der Waals surface area contributed by atoms with Crippen LogP contribution in [0.1, 0.15) is 49.7 Å². The summed E-state index contributed by atoms with van der Waals surface area (Å²) in [6.07, 6.45) is -3.87. The van der Waals surface area contributed by atoms with Gasteiger partial charge in [0.25, 0.3) is 5.82 Å². The number of nitrogens with one attached hydrogen (secondary N) is 1. The number of hydrogen-bond donors (Lipinski definition) is 1. The summed E-state index contributed by atoms with van der Waals surface area (Å²) in [7, 11) is 0. The minimum absolute atomic E-state index is 0.0222. The van der Waals surface area contributed by atoms with Gasteiger partial charge >= 0.3 is 6.18 Å². The molecule has 2 aromatic carbocycles. The van der Waals surface area contributed by atoms with Crippen molar-refractivity contribution in [1.29, 1.82) is 0 Å². The van der Waals surface area contributed by atoms with Crippen LogP contribution in [-0.2, 0) is 17.6 Å². The van der Waals surface area contributed by atoms with Gasteiger partial charge in [0.2, 0.25) is 5.95 Å². The third-order valence-corrected chi connectivity index (χ3v) is 6.03. The molecule has 0 bridgehead atoms. The monoisotopic (exact) mass is 468 g/mol. The number of ketones is 1. The highest BCUT2D eigenvalue weighted by atomic mass is 19.4. The van der Waals surface area contributed by atoms with Crippen LogP contribution in [0.25, 0.3) is 0 Å². The molecule has 0 saturated heterocycles. The molecule has 0 spiro atoms. The molecule has 0 saturated carbocycles. The van der Waals surface area contributed by atoms with Crippen LogP contribution >= 0.6 is 0 Å². The first kappa shape index (κ1) is 22.2. The van der Waals surface area contributed by atoms with E-state index < -0.39 is 18.0 Å². The molecule has 1 N–H and O–H groups in total. The lowest BCUT2D eigenvalue weighted by Crippen LogP contribution is -2.36. The Morgan fingerprint density at radius 3 is 2.47 bits per heavy atom. The number of Topliss-reactive ketones (excluding diaryl/α,β-unsaturated/α-hetero) is 1. The van der Waals surface area contributed by atoms with E-state index in [0.717, 1.165) is 10.2 Å². The molecule has 1 atom stereocenters. The number of anilines is 1. The number of fused-ring (bicyclic) bond motifs is 1. The Morgan fingerprint density at radius 1 is 1.09 bits per heavy atom. The molecule has 0 radical (unpaired) electrons. The Hall–Kier alpha value is -3.62. The number of rotatable bonds is 4. The van der Waals surface area contributed by atoms with Crippen LogP contribution < -0.4 is 10.1 Å². The summed E-state index contributed by atoms with van der Waals surface area (Å²) in [5.74, 6) is -0.759. The van der Waals surface area contributed by atoms with Crippen molar-refractivity contribution in [3.05, 3.63) is 82.8 Å². The first-order chi connectivity index (χ1) is 16.1. The van der Waals surface area contributed by atoms with Crippen molar-refractivity contribution in [2.45, 2.75) is 45.5 Å². The number of hydrogen-bond acceptors (Lipinski definition) is 5.